The molecule has 1 fully saturated rings. The number of aromatic nitrogens is 2. The van der Waals surface area contributed by atoms with Crippen LogP contribution in [0.25, 0.3) is 0 Å². The van der Waals surface area contributed by atoms with Gasteiger partial charge in [0.1, 0.15) is 0 Å². The molecule has 0 spiro atoms. The maximum Gasteiger partial charge on any atom is 0.257 e. The summed E-state index contributed by atoms with van der Waals surface area (Å²) in [5, 5.41) is 4.05. The van der Waals surface area contributed by atoms with Gasteiger partial charge in [-0.3, -0.25) is 4.68 Å². The number of aryl methyl sites for hydroxylation is 1. The molecule has 1 aliphatic carbocycles. The molecule has 2 rings (SSSR count). The van der Waals surface area contributed by atoms with Gasteiger partial charge in [0.2, 0.25) is 0 Å². The molecule has 1 saturated carbocycles. The van der Waals surface area contributed by atoms with Crippen LogP contribution in [0.4, 0.5) is 0 Å². The first-order valence-electron chi connectivity index (χ1n) is 5.72. The summed E-state index contributed by atoms with van der Waals surface area (Å²) in [6, 6.07) is 1.71. The molecule has 0 radical (unpaired) electrons. The van der Waals surface area contributed by atoms with Crippen molar-refractivity contribution in [2.75, 3.05) is 6.54 Å². The highest BCUT2D eigenvalue weighted by atomic mass is 32.2. The van der Waals surface area contributed by atoms with E-state index >= 15 is 0 Å². The van der Waals surface area contributed by atoms with Crippen molar-refractivity contribution < 1.29 is 8.42 Å². The monoisotopic (exact) mass is 258 g/mol. The van der Waals surface area contributed by atoms with Gasteiger partial charge in [-0.1, -0.05) is 0 Å². The van der Waals surface area contributed by atoms with Gasteiger partial charge in [0.15, 0.2) is 5.03 Å². The van der Waals surface area contributed by atoms with E-state index in [4.69, 9.17) is 5.73 Å². The first-order chi connectivity index (χ1) is 7.99. The molecule has 1 heterocycles. The number of nitrogens with two attached hydrogens (primary N) is 1. The van der Waals surface area contributed by atoms with E-state index in [1.807, 2.05) is 0 Å². The summed E-state index contributed by atoms with van der Waals surface area (Å²) < 4.78 is 27.9. The van der Waals surface area contributed by atoms with Crippen LogP contribution in [0.15, 0.2) is 17.3 Å². The summed E-state index contributed by atoms with van der Waals surface area (Å²) in [4.78, 5) is 0. The molecular formula is C10H18N4O2S. The lowest BCUT2D eigenvalue weighted by molar-refractivity contribution is 0.507. The van der Waals surface area contributed by atoms with E-state index in [-0.39, 0.29) is 11.1 Å². The van der Waals surface area contributed by atoms with E-state index in [0.29, 0.717) is 12.5 Å². The minimum Gasteiger partial charge on any atom is -0.328 e. The molecule has 1 aliphatic rings. The molecule has 2 unspecified atom stereocenters. The van der Waals surface area contributed by atoms with Gasteiger partial charge in [-0.05, 0) is 31.2 Å². The summed E-state index contributed by atoms with van der Waals surface area (Å²) in [6.07, 6.45) is 4.35. The number of nitrogens with one attached hydrogen (secondary N) is 1. The van der Waals surface area contributed by atoms with Crippen molar-refractivity contribution in [3.05, 3.63) is 12.3 Å². The molecule has 1 aromatic heterocycles. The van der Waals surface area contributed by atoms with Gasteiger partial charge in [-0.2, -0.15) is 5.10 Å². The van der Waals surface area contributed by atoms with E-state index in [2.05, 4.69) is 9.82 Å². The number of hydrogen-bond donors (Lipinski definition) is 2. The second-order valence-electron chi connectivity index (χ2n) is 4.58. The van der Waals surface area contributed by atoms with Crippen LogP contribution in [0.2, 0.25) is 0 Å². The van der Waals surface area contributed by atoms with Gasteiger partial charge < -0.3 is 5.73 Å². The average Bonchev–Trinajstić information content (AvgIpc) is 2.85. The van der Waals surface area contributed by atoms with Crippen molar-refractivity contribution in [3.63, 3.8) is 0 Å². The Morgan fingerprint density at radius 1 is 1.59 bits per heavy atom. The molecule has 3 N–H and O–H groups in total. The van der Waals surface area contributed by atoms with Gasteiger partial charge in [-0.15, -0.1) is 0 Å². The Morgan fingerprint density at radius 3 is 2.88 bits per heavy atom. The van der Waals surface area contributed by atoms with Crippen LogP contribution < -0.4 is 10.5 Å². The van der Waals surface area contributed by atoms with Gasteiger partial charge in [0, 0.05) is 19.6 Å². The third-order valence-corrected chi connectivity index (χ3v) is 4.69. The number of rotatable bonds is 4. The zero-order valence-corrected chi connectivity index (χ0v) is 10.7. The lowest BCUT2D eigenvalue weighted by Gasteiger charge is -2.11. The van der Waals surface area contributed by atoms with Crippen LogP contribution in [0, 0.1) is 5.92 Å². The number of hydrogen-bond acceptors (Lipinski definition) is 4. The molecule has 0 saturated heterocycles. The lowest BCUT2D eigenvalue weighted by Crippen LogP contribution is -2.30. The maximum atomic E-state index is 11.9. The second-order valence-corrected chi connectivity index (χ2v) is 6.30. The fourth-order valence-corrected chi connectivity index (χ4v) is 3.46. The zero-order chi connectivity index (χ0) is 12.5. The normalized spacial score (nSPS) is 25.3. The van der Waals surface area contributed by atoms with Crippen LogP contribution >= 0.6 is 0 Å². The summed E-state index contributed by atoms with van der Waals surface area (Å²) in [5.74, 6) is 0.355. The standard InChI is InChI=1S/C10H18N4O2S/c1-14-10(4-5-12-14)17(15,16)13-7-8-2-3-9(11)6-8/h4-5,8-9,13H,2-3,6-7,11H2,1H3. The van der Waals surface area contributed by atoms with Crippen molar-refractivity contribution in [2.45, 2.75) is 30.3 Å². The molecule has 0 bridgehead atoms. The Morgan fingerprint density at radius 2 is 2.35 bits per heavy atom. The highest BCUT2D eigenvalue weighted by molar-refractivity contribution is 7.89. The first kappa shape index (κ1) is 12.5. The maximum absolute atomic E-state index is 11.9. The Labute approximate surface area is 101 Å². The van der Waals surface area contributed by atoms with E-state index in [9.17, 15) is 8.42 Å². The van der Waals surface area contributed by atoms with E-state index in [1.54, 1.807) is 7.05 Å². The van der Waals surface area contributed by atoms with Crippen molar-refractivity contribution in [1.29, 1.82) is 0 Å². The van der Waals surface area contributed by atoms with Crippen LogP contribution in [0.1, 0.15) is 19.3 Å². The number of nitrogens with zero attached hydrogens (tertiary/aromatic N) is 2. The Bertz CT molecular complexity index is 482. The summed E-state index contributed by atoms with van der Waals surface area (Å²) >= 11 is 0. The molecular weight excluding hydrogens is 240 g/mol. The fraction of sp³-hybridized carbons (Fsp3) is 0.700. The van der Waals surface area contributed by atoms with Crippen molar-refractivity contribution >= 4 is 10.0 Å². The van der Waals surface area contributed by atoms with Crippen LogP contribution in [-0.4, -0.2) is 30.8 Å². The molecule has 1 aromatic rings. The largest absolute Gasteiger partial charge is 0.328 e. The third-order valence-electron chi connectivity index (χ3n) is 3.20. The van der Waals surface area contributed by atoms with Crippen LogP contribution in [-0.2, 0) is 17.1 Å². The van der Waals surface area contributed by atoms with E-state index in [0.717, 1.165) is 19.3 Å². The fourth-order valence-electron chi connectivity index (χ4n) is 2.23. The van der Waals surface area contributed by atoms with Crippen molar-refractivity contribution in [2.24, 2.45) is 18.7 Å². The van der Waals surface area contributed by atoms with Crippen molar-refractivity contribution in [1.82, 2.24) is 14.5 Å². The first-order valence-corrected chi connectivity index (χ1v) is 7.20. The number of sulfonamides is 1. The van der Waals surface area contributed by atoms with Crippen molar-refractivity contribution in [3.8, 4) is 0 Å². The summed E-state index contributed by atoms with van der Waals surface area (Å²) in [7, 11) is -1.83. The predicted molar refractivity (Wildman–Crippen MR) is 63.7 cm³/mol. The van der Waals surface area contributed by atoms with Gasteiger partial charge >= 0.3 is 0 Å². The average molecular weight is 258 g/mol. The second kappa shape index (κ2) is 4.75. The van der Waals surface area contributed by atoms with Gasteiger partial charge in [0.25, 0.3) is 10.0 Å². The van der Waals surface area contributed by atoms with E-state index in [1.165, 1.54) is 16.9 Å². The molecule has 96 valence electrons. The zero-order valence-electron chi connectivity index (χ0n) is 9.83. The van der Waals surface area contributed by atoms with Gasteiger partial charge in [0.05, 0.1) is 6.20 Å². The Balaban J connectivity index is 1.97. The minimum absolute atomic E-state index is 0.194. The molecule has 7 heteroatoms. The predicted octanol–water partition coefficient (Wildman–Crippen LogP) is -0.174. The topological polar surface area (TPSA) is 90.0 Å². The molecule has 0 aromatic carbocycles. The highest BCUT2D eigenvalue weighted by Crippen LogP contribution is 2.23. The van der Waals surface area contributed by atoms with E-state index < -0.39 is 10.0 Å². The highest BCUT2D eigenvalue weighted by Gasteiger charge is 2.24. The van der Waals surface area contributed by atoms with Crippen LogP contribution in [0.3, 0.4) is 0 Å². The smallest absolute Gasteiger partial charge is 0.257 e. The Kier molecular flexibility index (Phi) is 3.50. The molecule has 0 amide bonds. The molecule has 17 heavy (non-hydrogen) atoms. The summed E-state index contributed by atoms with van der Waals surface area (Å²) in [6.45, 7) is 0.460. The molecule has 2 atom stereocenters. The summed E-state index contributed by atoms with van der Waals surface area (Å²) in [5.41, 5.74) is 5.79. The molecule has 6 nitrogen and oxygen atoms in total. The lowest BCUT2D eigenvalue weighted by atomic mass is 10.1. The van der Waals surface area contributed by atoms with Gasteiger partial charge in [-0.25, -0.2) is 13.1 Å². The Hall–Kier alpha value is -0.920. The van der Waals surface area contributed by atoms with Crippen LogP contribution in [0.5, 0.6) is 0 Å². The quantitative estimate of drug-likeness (QED) is 0.784. The molecule has 0 aliphatic heterocycles. The third kappa shape index (κ3) is 2.85. The minimum atomic E-state index is -3.44. The SMILES string of the molecule is Cn1nccc1S(=O)(=O)NCC1CCC(N)C1.